The number of nitrogens with two attached hydrogens (primary N) is 1. The van der Waals surface area contributed by atoms with E-state index in [-0.39, 0.29) is 23.0 Å². The number of ether oxygens (including phenoxy) is 1. The number of benzene rings is 1. The lowest BCUT2D eigenvalue weighted by atomic mass is 9.73. The van der Waals surface area contributed by atoms with Gasteiger partial charge in [-0.05, 0) is 42.4 Å². The molecule has 1 aromatic rings. The summed E-state index contributed by atoms with van der Waals surface area (Å²) < 4.78 is 18.8. The van der Waals surface area contributed by atoms with Crippen molar-refractivity contribution in [3.8, 4) is 5.75 Å². The Bertz CT molecular complexity index is 430. The van der Waals surface area contributed by atoms with E-state index in [9.17, 15) is 4.39 Å². The maximum Gasteiger partial charge on any atom is 0.165 e. The van der Waals surface area contributed by atoms with Crippen LogP contribution in [-0.2, 0) is 0 Å². The van der Waals surface area contributed by atoms with Gasteiger partial charge in [0.25, 0.3) is 0 Å². The summed E-state index contributed by atoms with van der Waals surface area (Å²) in [6.45, 7) is 2.19. The van der Waals surface area contributed by atoms with Crippen molar-refractivity contribution in [2.45, 2.75) is 45.1 Å². The lowest BCUT2D eigenvalue weighted by Gasteiger charge is -2.37. The van der Waals surface area contributed by atoms with Gasteiger partial charge in [-0.25, -0.2) is 4.39 Å². The number of hydrazine groups is 1. The predicted octanol–water partition coefficient (Wildman–Crippen LogP) is 3.31. The minimum Gasteiger partial charge on any atom is -0.494 e. The molecule has 4 heteroatoms. The highest BCUT2D eigenvalue weighted by molar-refractivity contribution is 5.32. The minimum atomic E-state index is -0.329. The highest BCUT2D eigenvalue weighted by Crippen LogP contribution is 2.49. The van der Waals surface area contributed by atoms with Crippen molar-refractivity contribution in [3.63, 3.8) is 0 Å². The van der Waals surface area contributed by atoms with Crippen LogP contribution in [0.2, 0.25) is 0 Å². The Morgan fingerprint density at radius 2 is 2.11 bits per heavy atom. The fourth-order valence-corrected chi connectivity index (χ4v) is 3.41. The second-order valence-corrected chi connectivity index (χ2v) is 5.42. The third-order valence-corrected chi connectivity index (χ3v) is 4.59. The quantitative estimate of drug-likeness (QED) is 0.635. The summed E-state index contributed by atoms with van der Waals surface area (Å²) in [5.74, 6) is 5.71. The topological polar surface area (TPSA) is 47.3 Å². The molecule has 1 fully saturated rings. The Balaban J connectivity index is 2.33. The molecule has 0 spiro atoms. The van der Waals surface area contributed by atoms with Gasteiger partial charge in [-0.1, -0.05) is 25.8 Å². The van der Waals surface area contributed by atoms with Crippen LogP contribution in [0.5, 0.6) is 5.75 Å². The second kappa shape index (κ2) is 5.88. The molecule has 0 bridgehead atoms. The van der Waals surface area contributed by atoms with E-state index >= 15 is 0 Å². The largest absolute Gasteiger partial charge is 0.494 e. The number of rotatable bonds is 5. The van der Waals surface area contributed by atoms with E-state index in [1.165, 1.54) is 20.0 Å². The Labute approximate surface area is 114 Å². The highest BCUT2D eigenvalue weighted by atomic mass is 19.1. The maximum absolute atomic E-state index is 13.9. The summed E-state index contributed by atoms with van der Waals surface area (Å²) in [5, 5.41) is 0. The number of hydrogen-bond acceptors (Lipinski definition) is 3. The fraction of sp³-hybridized carbons (Fsp3) is 0.600. The highest BCUT2D eigenvalue weighted by Gasteiger charge is 2.40. The van der Waals surface area contributed by atoms with Crippen LogP contribution in [0.15, 0.2) is 18.2 Å². The van der Waals surface area contributed by atoms with E-state index in [0.29, 0.717) is 0 Å². The average Bonchev–Trinajstić information content (AvgIpc) is 2.90. The van der Waals surface area contributed by atoms with Gasteiger partial charge in [0.15, 0.2) is 11.6 Å². The molecule has 1 aliphatic rings. The second-order valence-electron chi connectivity index (χ2n) is 5.42. The van der Waals surface area contributed by atoms with Gasteiger partial charge in [-0.2, -0.15) is 0 Å². The van der Waals surface area contributed by atoms with E-state index < -0.39 is 0 Å². The summed E-state index contributed by atoms with van der Waals surface area (Å²) in [5.41, 5.74) is 3.96. The Morgan fingerprint density at radius 1 is 1.42 bits per heavy atom. The predicted molar refractivity (Wildman–Crippen MR) is 74.2 cm³/mol. The zero-order valence-corrected chi connectivity index (χ0v) is 11.7. The monoisotopic (exact) mass is 266 g/mol. The Kier molecular flexibility index (Phi) is 4.42. The van der Waals surface area contributed by atoms with Crippen molar-refractivity contribution in [2.24, 2.45) is 11.3 Å². The first-order chi connectivity index (χ1) is 9.16. The lowest BCUT2D eigenvalue weighted by molar-refractivity contribution is 0.187. The SMILES string of the molecule is CCC1(C(NN)c2ccc(OC)c(F)c2)CCCC1. The van der Waals surface area contributed by atoms with Gasteiger partial charge in [0, 0.05) is 0 Å². The van der Waals surface area contributed by atoms with E-state index in [4.69, 9.17) is 10.6 Å². The van der Waals surface area contributed by atoms with Crippen LogP contribution in [0.4, 0.5) is 4.39 Å². The zero-order chi connectivity index (χ0) is 13.9. The molecule has 0 heterocycles. The number of nitrogens with one attached hydrogen (secondary N) is 1. The minimum absolute atomic E-state index is 0.000376. The van der Waals surface area contributed by atoms with Gasteiger partial charge < -0.3 is 4.74 Å². The van der Waals surface area contributed by atoms with Crippen LogP contribution in [0.1, 0.15) is 50.6 Å². The van der Waals surface area contributed by atoms with Crippen molar-refractivity contribution in [3.05, 3.63) is 29.6 Å². The van der Waals surface area contributed by atoms with Gasteiger partial charge in [-0.3, -0.25) is 11.3 Å². The first-order valence-corrected chi connectivity index (χ1v) is 6.96. The first-order valence-electron chi connectivity index (χ1n) is 6.96. The molecular formula is C15H23FN2O. The van der Waals surface area contributed by atoms with Gasteiger partial charge in [0.1, 0.15) is 0 Å². The van der Waals surface area contributed by atoms with E-state index in [1.807, 2.05) is 6.07 Å². The Hall–Kier alpha value is -1.13. The number of hydrogen-bond donors (Lipinski definition) is 2. The molecule has 0 aromatic heterocycles. The normalized spacial score (nSPS) is 19.4. The van der Waals surface area contributed by atoms with Crippen LogP contribution in [0.25, 0.3) is 0 Å². The standard InChI is InChI=1S/C15H23FN2O/c1-3-15(8-4-5-9-15)14(18-17)11-6-7-13(19-2)12(16)10-11/h6-7,10,14,18H,3-5,8-9,17H2,1-2H3. The third kappa shape index (κ3) is 2.60. The molecule has 0 aliphatic heterocycles. The molecule has 1 atom stereocenters. The van der Waals surface area contributed by atoms with Crippen LogP contribution in [0.3, 0.4) is 0 Å². The average molecular weight is 266 g/mol. The zero-order valence-electron chi connectivity index (χ0n) is 11.7. The smallest absolute Gasteiger partial charge is 0.165 e. The Morgan fingerprint density at radius 3 is 2.58 bits per heavy atom. The van der Waals surface area contributed by atoms with Crippen LogP contribution >= 0.6 is 0 Å². The van der Waals surface area contributed by atoms with Crippen LogP contribution < -0.4 is 16.0 Å². The van der Waals surface area contributed by atoms with Crippen molar-refractivity contribution >= 4 is 0 Å². The van der Waals surface area contributed by atoms with Gasteiger partial charge in [0.05, 0.1) is 13.2 Å². The fourth-order valence-electron chi connectivity index (χ4n) is 3.41. The van der Waals surface area contributed by atoms with E-state index in [1.54, 1.807) is 12.1 Å². The van der Waals surface area contributed by atoms with Crippen molar-refractivity contribution in [1.82, 2.24) is 5.43 Å². The van der Waals surface area contributed by atoms with E-state index in [2.05, 4.69) is 12.3 Å². The van der Waals surface area contributed by atoms with Gasteiger partial charge in [0.2, 0.25) is 0 Å². The molecule has 1 saturated carbocycles. The third-order valence-electron chi connectivity index (χ3n) is 4.59. The summed E-state index contributed by atoms with van der Waals surface area (Å²) in [6, 6.07) is 5.12. The summed E-state index contributed by atoms with van der Waals surface area (Å²) in [7, 11) is 1.47. The first kappa shape index (κ1) is 14.3. The van der Waals surface area contributed by atoms with E-state index in [0.717, 1.165) is 24.8 Å². The summed E-state index contributed by atoms with van der Waals surface area (Å²) in [6.07, 6.45) is 5.79. The molecule has 1 unspecified atom stereocenters. The molecular weight excluding hydrogens is 243 g/mol. The maximum atomic E-state index is 13.9. The van der Waals surface area contributed by atoms with Crippen molar-refractivity contribution in [2.75, 3.05) is 7.11 Å². The molecule has 19 heavy (non-hydrogen) atoms. The molecule has 1 aromatic carbocycles. The van der Waals surface area contributed by atoms with Crippen molar-refractivity contribution < 1.29 is 9.13 Å². The molecule has 0 radical (unpaired) electrons. The summed E-state index contributed by atoms with van der Waals surface area (Å²) >= 11 is 0. The summed E-state index contributed by atoms with van der Waals surface area (Å²) in [4.78, 5) is 0. The molecule has 0 saturated heterocycles. The van der Waals surface area contributed by atoms with Gasteiger partial charge in [-0.15, -0.1) is 0 Å². The molecule has 3 nitrogen and oxygen atoms in total. The molecule has 1 aliphatic carbocycles. The van der Waals surface area contributed by atoms with Crippen LogP contribution in [0, 0.1) is 11.2 Å². The molecule has 0 amide bonds. The molecule has 106 valence electrons. The molecule has 2 rings (SSSR count). The van der Waals surface area contributed by atoms with Crippen molar-refractivity contribution in [1.29, 1.82) is 0 Å². The number of halogens is 1. The lowest BCUT2D eigenvalue weighted by Crippen LogP contribution is -2.40. The molecule has 3 N–H and O–H groups in total. The van der Waals surface area contributed by atoms with Crippen LogP contribution in [-0.4, -0.2) is 7.11 Å². The number of methoxy groups -OCH3 is 1. The van der Waals surface area contributed by atoms with Gasteiger partial charge >= 0.3 is 0 Å².